The Bertz CT molecular complexity index is 319. The normalized spacial score (nSPS) is 22.6. The van der Waals surface area contributed by atoms with Crippen LogP contribution in [0.1, 0.15) is 37.9 Å². The molecule has 0 aromatic carbocycles. The molecular weight excluding hydrogens is 210 g/mol. The van der Waals surface area contributed by atoms with Crippen LogP contribution in [-0.2, 0) is 0 Å². The second-order valence-corrected chi connectivity index (χ2v) is 5.02. The molecule has 1 aliphatic rings. The van der Waals surface area contributed by atoms with Crippen molar-refractivity contribution in [3.8, 4) is 0 Å². The molecule has 0 spiro atoms. The van der Waals surface area contributed by atoms with Crippen LogP contribution in [-0.4, -0.2) is 36.1 Å². The SMILES string of the molecule is C[C@@H](c1ccccn1)N(C)C[C@H]1CCCCN1. The lowest BCUT2D eigenvalue weighted by Gasteiger charge is -2.31. The van der Waals surface area contributed by atoms with Crippen LogP contribution in [0.2, 0.25) is 0 Å². The quantitative estimate of drug-likeness (QED) is 0.864. The van der Waals surface area contributed by atoms with E-state index in [2.05, 4.69) is 41.3 Å². The van der Waals surface area contributed by atoms with E-state index in [9.17, 15) is 0 Å². The number of hydrogen-bond donors (Lipinski definition) is 1. The van der Waals surface area contributed by atoms with Gasteiger partial charge in [-0.05, 0) is 45.5 Å². The van der Waals surface area contributed by atoms with E-state index in [4.69, 9.17) is 0 Å². The minimum absolute atomic E-state index is 0.389. The number of hydrogen-bond acceptors (Lipinski definition) is 3. The highest BCUT2D eigenvalue weighted by Gasteiger charge is 2.18. The van der Waals surface area contributed by atoms with Crippen molar-refractivity contribution in [2.24, 2.45) is 0 Å². The number of nitrogens with zero attached hydrogens (tertiary/aromatic N) is 2. The lowest BCUT2D eigenvalue weighted by atomic mass is 10.0. The number of aromatic nitrogens is 1. The maximum atomic E-state index is 4.43. The van der Waals surface area contributed by atoms with Crippen LogP contribution in [0.5, 0.6) is 0 Å². The largest absolute Gasteiger partial charge is 0.313 e. The fraction of sp³-hybridized carbons (Fsp3) is 0.643. The third-order valence-corrected chi connectivity index (χ3v) is 3.70. The van der Waals surface area contributed by atoms with Crippen molar-refractivity contribution in [2.75, 3.05) is 20.1 Å². The second kappa shape index (κ2) is 6.12. The molecule has 2 rings (SSSR count). The molecule has 0 amide bonds. The topological polar surface area (TPSA) is 28.2 Å². The first kappa shape index (κ1) is 12.5. The molecule has 1 aromatic heterocycles. The first-order chi connectivity index (χ1) is 8.27. The monoisotopic (exact) mass is 233 g/mol. The van der Waals surface area contributed by atoms with Gasteiger partial charge in [0.15, 0.2) is 0 Å². The minimum atomic E-state index is 0.389. The molecule has 0 unspecified atom stereocenters. The molecule has 0 saturated carbocycles. The summed E-state index contributed by atoms with van der Waals surface area (Å²) in [5.41, 5.74) is 1.16. The highest BCUT2D eigenvalue weighted by Crippen LogP contribution is 2.17. The smallest absolute Gasteiger partial charge is 0.0572 e. The molecule has 1 aromatic rings. The Morgan fingerprint density at radius 1 is 1.47 bits per heavy atom. The molecule has 1 aliphatic heterocycles. The van der Waals surface area contributed by atoms with Gasteiger partial charge in [-0.3, -0.25) is 9.88 Å². The Morgan fingerprint density at radius 2 is 2.35 bits per heavy atom. The zero-order valence-electron chi connectivity index (χ0n) is 10.9. The molecule has 2 atom stereocenters. The van der Waals surface area contributed by atoms with Crippen molar-refractivity contribution in [3.05, 3.63) is 30.1 Å². The van der Waals surface area contributed by atoms with Crippen molar-refractivity contribution in [1.82, 2.24) is 15.2 Å². The summed E-state index contributed by atoms with van der Waals surface area (Å²) in [7, 11) is 2.19. The third kappa shape index (κ3) is 3.51. The van der Waals surface area contributed by atoms with Gasteiger partial charge >= 0.3 is 0 Å². The number of piperidine rings is 1. The van der Waals surface area contributed by atoms with E-state index < -0.39 is 0 Å². The minimum Gasteiger partial charge on any atom is -0.313 e. The van der Waals surface area contributed by atoms with Crippen molar-refractivity contribution >= 4 is 0 Å². The summed E-state index contributed by atoms with van der Waals surface area (Å²) in [6.07, 6.45) is 5.87. The first-order valence-corrected chi connectivity index (χ1v) is 6.62. The van der Waals surface area contributed by atoms with Crippen molar-refractivity contribution in [1.29, 1.82) is 0 Å². The van der Waals surface area contributed by atoms with Crippen molar-refractivity contribution in [3.63, 3.8) is 0 Å². The predicted molar refractivity (Wildman–Crippen MR) is 70.9 cm³/mol. The zero-order valence-corrected chi connectivity index (χ0v) is 10.9. The summed E-state index contributed by atoms with van der Waals surface area (Å²) in [6.45, 7) is 4.51. The number of rotatable bonds is 4. The Labute approximate surface area is 104 Å². The Kier molecular flexibility index (Phi) is 4.51. The zero-order chi connectivity index (χ0) is 12.1. The van der Waals surface area contributed by atoms with E-state index in [1.807, 2.05) is 12.3 Å². The summed E-state index contributed by atoms with van der Waals surface area (Å²) in [5.74, 6) is 0. The highest BCUT2D eigenvalue weighted by molar-refractivity contribution is 5.07. The molecule has 3 nitrogen and oxygen atoms in total. The van der Waals surface area contributed by atoms with Gasteiger partial charge in [-0.25, -0.2) is 0 Å². The molecule has 0 radical (unpaired) electrons. The number of likely N-dealkylation sites (N-methyl/N-ethyl adjacent to an activating group) is 1. The van der Waals surface area contributed by atoms with E-state index in [0.717, 1.165) is 12.2 Å². The van der Waals surface area contributed by atoms with Gasteiger partial charge in [-0.2, -0.15) is 0 Å². The van der Waals surface area contributed by atoms with Gasteiger partial charge in [-0.1, -0.05) is 12.5 Å². The average molecular weight is 233 g/mol. The van der Waals surface area contributed by atoms with Crippen molar-refractivity contribution < 1.29 is 0 Å². The van der Waals surface area contributed by atoms with Crippen LogP contribution in [0, 0.1) is 0 Å². The average Bonchev–Trinajstić information content (AvgIpc) is 2.40. The van der Waals surface area contributed by atoms with Crippen LogP contribution >= 0.6 is 0 Å². The van der Waals surface area contributed by atoms with Gasteiger partial charge < -0.3 is 5.32 Å². The van der Waals surface area contributed by atoms with E-state index >= 15 is 0 Å². The molecule has 1 N–H and O–H groups in total. The molecule has 17 heavy (non-hydrogen) atoms. The predicted octanol–water partition coefficient (Wildman–Crippen LogP) is 2.22. The molecule has 3 heteroatoms. The van der Waals surface area contributed by atoms with Gasteiger partial charge in [-0.15, -0.1) is 0 Å². The van der Waals surface area contributed by atoms with Gasteiger partial charge in [0.05, 0.1) is 5.69 Å². The van der Waals surface area contributed by atoms with Crippen LogP contribution in [0.3, 0.4) is 0 Å². The van der Waals surface area contributed by atoms with Gasteiger partial charge in [0.2, 0.25) is 0 Å². The summed E-state index contributed by atoms with van der Waals surface area (Å²) < 4.78 is 0. The van der Waals surface area contributed by atoms with Crippen LogP contribution in [0.4, 0.5) is 0 Å². The van der Waals surface area contributed by atoms with Gasteiger partial charge in [0, 0.05) is 24.8 Å². The van der Waals surface area contributed by atoms with E-state index in [-0.39, 0.29) is 0 Å². The molecule has 2 heterocycles. The number of pyridine rings is 1. The number of nitrogens with one attached hydrogen (secondary N) is 1. The van der Waals surface area contributed by atoms with Crippen LogP contribution < -0.4 is 5.32 Å². The molecular formula is C14H23N3. The van der Waals surface area contributed by atoms with Gasteiger partial charge in [0.1, 0.15) is 0 Å². The Morgan fingerprint density at radius 3 is 3.00 bits per heavy atom. The van der Waals surface area contributed by atoms with E-state index in [1.165, 1.54) is 25.8 Å². The molecule has 94 valence electrons. The Hall–Kier alpha value is -0.930. The maximum Gasteiger partial charge on any atom is 0.0572 e. The molecule has 1 saturated heterocycles. The molecule has 0 bridgehead atoms. The molecule has 1 fully saturated rings. The summed E-state index contributed by atoms with van der Waals surface area (Å²) in [5, 5.41) is 3.59. The van der Waals surface area contributed by atoms with E-state index in [0.29, 0.717) is 12.1 Å². The maximum absolute atomic E-state index is 4.43. The first-order valence-electron chi connectivity index (χ1n) is 6.62. The summed E-state index contributed by atoms with van der Waals surface area (Å²) in [4.78, 5) is 6.82. The highest BCUT2D eigenvalue weighted by atomic mass is 15.2. The summed E-state index contributed by atoms with van der Waals surface area (Å²) >= 11 is 0. The lowest BCUT2D eigenvalue weighted by molar-refractivity contribution is 0.212. The fourth-order valence-corrected chi connectivity index (χ4v) is 2.43. The lowest BCUT2D eigenvalue weighted by Crippen LogP contribution is -2.43. The van der Waals surface area contributed by atoms with Crippen molar-refractivity contribution in [2.45, 2.75) is 38.3 Å². The Balaban J connectivity index is 1.88. The summed E-state index contributed by atoms with van der Waals surface area (Å²) in [6, 6.07) is 7.18. The van der Waals surface area contributed by atoms with Crippen LogP contribution in [0.25, 0.3) is 0 Å². The third-order valence-electron chi connectivity index (χ3n) is 3.70. The van der Waals surface area contributed by atoms with Gasteiger partial charge in [0.25, 0.3) is 0 Å². The van der Waals surface area contributed by atoms with E-state index in [1.54, 1.807) is 0 Å². The second-order valence-electron chi connectivity index (χ2n) is 5.02. The standard InChI is InChI=1S/C14H23N3/c1-12(14-8-4-6-10-16-14)17(2)11-13-7-3-5-9-15-13/h4,6,8,10,12-13,15H,3,5,7,9,11H2,1-2H3/t12-,13+/m0/s1. The molecule has 0 aliphatic carbocycles. The van der Waals surface area contributed by atoms with Crippen LogP contribution in [0.15, 0.2) is 24.4 Å². The fourth-order valence-electron chi connectivity index (χ4n) is 2.43.